The molecule has 30 heavy (non-hydrogen) atoms. The molecule has 1 amide bonds. The highest BCUT2D eigenvalue weighted by molar-refractivity contribution is 5.67. The average molecular weight is 418 g/mol. The van der Waals surface area contributed by atoms with Gasteiger partial charge in [0.15, 0.2) is 11.5 Å². The summed E-state index contributed by atoms with van der Waals surface area (Å²) in [4.78, 5) is 16.4. The molecule has 3 rings (SSSR count). The van der Waals surface area contributed by atoms with Crippen molar-refractivity contribution in [3.8, 4) is 22.9 Å². The Morgan fingerprint density at radius 3 is 2.67 bits per heavy atom. The second-order valence-corrected chi connectivity index (χ2v) is 8.32. The predicted octanol–water partition coefficient (Wildman–Crippen LogP) is 3.86. The van der Waals surface area contributed by atoms with Gasteiger partial charge in [0.2, 0.25) is 5.82 Å². The van der Waals surface area contributed by atoms with Crippen LogP contribution in [-0.2, 0) is 4.74 Å². The maximum absolute atomic E-state index is 11.9. The lowest BCUT2D eigenvalue weighted by molar-refractivity contribution is 0.0519. The van der Waals surface area contributed by atoms with Gasteiger partial charge in [0.25, 0.3) is 0 Å². The molecule has 1 aromatic heterocycles. The molecule has 1 saturated carbocycles. The van der Waals surface area contributed by atoms with Gasteiger partial charge in [-0.2, -0.15) is 4.98 Å². The molecule has 9 heteroatoms. The number of rotatable bonds is 7. The molecule has 0 bridgehead atoms. The summed E-state index contributed by atoms with van der Waals surface area (Å²) in [7, 11) is 3.17. The second-order valence-electron chi connectivity index (χ2n) is 8.32. The fraction of sp³-hybridized carbons (Fsp3) is 0.571. The number of nitrogens with one attached hydrogen (secondary N) is 2. The van der Waals surface area contributed by atoms with Gasteiger partial charge >= 0.3 is 12.1 Å². The Bertz CT molecular complexity index is 861. The number of benzene rings is 1. The van der Waals surface area contributed by atoms with E-state index in [1.807, 2.05) is 26.8 Å². The van der Waals surface area contributed by atoms with Crippen molar-refractivity contribution in [2.24, 2.45) is 5.92 Å². The topological polar surface area (TPSA) is 108 Å². The van der Waals surface area contributed by atoms with Crippen LogP contribution in [0.15, 0.2) is 22.7 Å². The van der Waals surface area contributed by atoms with Crippen molar-refractivity contribution >= 4 is 12.1 Å². The first kappa shape index (κ1) is 21.7. The van der Waals surface area contributed by atoms with Crippen molar-refractivity contribution < 1.29 is 23.5 Å². The Balaban J connectivity index is 1.60. The van der Waals surface area contributed by atoms with Crippen LogP contribution in [0.2, 0.25) is 0 Å². The van der Waals surface area contributed by atoms with Crippen LogP contribution < -0.4 is 20.1 Å². The van der Waals surface area contributed by atoms with Gasteiger partial charge in [0.1, 0.15) is 5.60 Å². The van der Waals surface area contributed by atoms with Gasteiger partial charge in [0.05, 0.1) is 14.2 Å². The third-order valence-corrected chi connectivity index (χ3v) is 4.94. The molecule has 9 nitrogen and oxygen atoms in total. The van der Waals surface area contributed by atoms with E-state index in [9.17, 15) is 4.79 Å². The summed E-state index contributed by atoms with van der Waals surface area (Å²) in [5, 5.41) is 10.2. The number of hydrogen-bond donors (Lipinski definition) is 2. The second kappa shape index (κ2) is 9.23. The van der Waals surface area contributed by atoms with Crippen molar-refractivity contribution in [2.75, 3.05) is 26.1 Å². The van der Waals surface area contributed by atoms with E-state index in [-0.39, 0.29) is 12.0 Å². The normalized spacial score (nSPS) is 18.7. The lowest BCUT2D eigenvalue weighted by Crippen LogP contribution is -2.38. The summed E-state index contributed by atoms with van der Waals surface area (Å²) in [6.45, 7) is 6.07. The molecular weight excluding hydrogens is 388 g/mol. The number of ether oxygens (including phenoxy) is 3. The number of alkyl carbamates (subject to hydrolysis) is 1. The highest BCUT2D eigenvalue weighted by Gasteiger charge is 2.29. The van der Waals surface area contributed by atoms with Crippen molar-refractivity contribution in [3.63, 3.8) is 0 Å². The molecule has 1 aromatic carbocycles. The quantitative estimate of drug-likeness (QED) is 0.698. The van der Waals surface area contributed by atoms with Crippen LogP contribution in [0.25, 0.3) is 11.4 Å². The van der Waals surface area contributed by atoms with Crippen molar-refractivity contribution in [3.05, 3.63) is 18.2 Å². The summed E-state index contributed by atoms with van der Waals surface area (Å²) < 4.78 is 21.3. The zero-order valence-electron chi connectivity index (χ0n) is 18.2. The summed E-state index contributed by atoms with van der Waals surface area (Å²) in [6.07, 6.45) is 2.63. The first-order valence-electron chi connectivity index (χ1n) is 10.1. The molecule has 1 aliphatic rings. The molecule has 0 spiro atoms. The van der Waals surface area contributed by atoms with Gasteiger partial charge < -0.3 is 29.4 Å². The standard InChI is InChI=1S/C21H30N4O5/c1-21(2,3)29-20(26)22-12-14-7-6-8-15(14)23-19-24-18(25-30-19)13-9-10-16(27-4)17(11-13)28-5/h9-11,14-15H,6-8,12H2,1-5H3,(H,22,26)(H,23,24,25)/t14-,15-/m1/s1. The molecule has 2 aromatic rings. The summed E-state index contributed by atoms with van der Waals surface area (Å²) >= 11 is 0. The number of carbonyl (C=O) groups excluding carboxylic acids is 1. The summed E-state index contributed by atoms with van der Waals surface area (Å²) in [5.41, 5.74) is 0.251. The number of methoxy groups -OCH3 is 2. The molecule has 0 unspecified atom stereocenters. The Hall–Kier alpha value is -2.97. The van der Waals surface area contributed by atoms with Gasteiger partial charge in [-0.15, -0.1) is 0 Å². The van der Waals surface area contributed by atoms with E-state index in [1.54, 1.807) is 26.4 Å². The number of amides is 1. The SMILES string of the molecule is COc1ccc(-c2noc(N[C@@H]3CCC[C@@H]3CNC(=O)OC(C)(C)C)n2)cc1OC. The fourth-order valence-corrected chi connectivity index (χ4v) is 3.53. The lowest BCUT2D eigenvalue weighted by Gasteiger charge is -2.23. The number of carbonyl (C=O) groups is 1. The first-order chi connectivity index (χ1) is 14.3. The smallest absolute Gasteiger partial charge is 0.407 e. The van der Waals surface area contributed by atoms with Gasteiger partial charge in [-0.05, 0) is 57.7 Å². The molecule has 2 N–H and O–H groups in total. The Morgan fingerprint density at radius 1 is 1.20 bits per heavy atom. The van der Waals surface area contributed by atoms with E-state index in [0.717, 1.165) is 24.8 Å². The monoisotopic (exact) mass is 418 g/mol. The number of hydrogen-bond acceptors (Lipinski definition) is 8. The van der Waals surface area contributed by atoms with E-state index in [0.29, 0.717) is 29.9 Å². The van der Waals surface area contributed by atoms with Crippen LogP contribution in [0.5, 0.6) is 11.5 Å². The third-order valence-electron chi connectivity index (χ3n) is 4.94. The molecule has 164 valence electrons. The van der Waals surface area contributed by atoms with Gasteiger partial charge in [0, 0.05) is 18.2 Å². The number of anilines is 1. The van der Waals surface area contributed by atoms with E-state index in [1.165, 1.54) is 0 Å². The molecule has 0 radical (unpaired) electrons. The van der Waals surface area contributed by atoms with E-state index in [2.05, 4.69) is 20.8 Å². The third kappa shape index (κ3) is 5.55. The maximum atomic E-state index is 11.9. The van der Waals surface area contributed by atoms with Crippen LogP contribution in [0.3, 0.4) is 0 Å². The minimum absolute atomic E-state index is 0.138. The van der Waals surface area contributed by atoms with Crippen molar-refractivity contribution in [1.82, 2.24) is 15.5 Å². The summed E-state index contributed by atoms with van der Waals surface area (Å²) in [5.74, 6) is 1.95. The molecule has 0 aliphatic heterocycles. The summed E-state index contributed by atoms with van der Waals surface area (Å²) in [6, 6.07) is 5.94. The molecular formula is C21H30N4O5. The average Bonchev–Trinajstić information content (AvgIpc) is 3.34. The zero-order chi connectivity index (χ0) is 21.7. The fourth-order valence-electron chi connectivity index (χ4n) is 3.53. The van der Waals surface area contributed by atoms with Crippen LogP contribution in [0.4, 0.5) is 10.8 Å². The highest BCUT2D eigenvalue weighted by Crippen LogP contribution is 2.32. The first-order valence-corrected chi connectivity index (χ1v) is 10.1. The molecule has 1 heterocycles. The molecule has 0 saturated heterocycles. The number of nitrogens with zero attached hydrogens (tertiary/aromatic N) is 2. The Morgan fingerprint density at radius 2 is 1.97 bits per heavy atom. The van der Waals surface area contributed by atoms with Crippen molar-refractivity contribution in [1.29, 1.82) is 0 Å². The molecule has 2 atom stereocenters. The lowest BCUT2D eigenvalue weighted by atomic mass is 10.0. The van der Waals surface area contributed by atoms with E-state index in [4.69, 9.17) is 18.7 Å². The largest absolute Gasteiger partial charge is 0.493 e. The van der Waals surface area contributed by atoms with E-state index < -0.39 is 11.7 Å². The highest BCUT2D eigenvalue weighted by atomic mass is 16.6. The minimum Gasteiger partial charge on any atom is -0.493 e. The van der Waals surface area contributed by atoms with Crippen LogP contribution in [-0.4, -0.2) is 48.6 Å². The van der Waals surface area contributed by atoms with Gasteiger partial charge in [-0.25, -0.2) is 4.79 Å². The minimum atomic E-state index is -0.512. The van der Waals surface area contributed by atoms with Gasteiger partial charge in [-0.3, -0.25) is 0 Å². The number of aromatic nitrogens is 2. The Kier molecular flexibility index (Phi) is 6.69. The van der Waals surface area contributed by atoms with Crippen LogP contribution >= 0.6 is 0 Å². The maximum Gasteiger partial charge on any atom is 0.407 e. The van der Waals surface area contributed by atoms with Crippen molar-refractivity contribution in [2.45, 2.75) is 51.7 Å². The Labute approximate surface area is 176 Å². The van der Waals surface area contributed by atoms with Gasteiger partial charge in [-0.1, -0.05) is 11.6 Å². The molecule has 1 aliphatic carbocycles. The zero-order valence-corrected chi connectivity index (χ0v) is 18.2. The van der Waals surface area contributed by atoms with Crippen LogP contribution in [0.1, 0.15) is 40.0 Å². The predicted molar refractivity (Wildman–Crippen MR) is 112 cm³/mol. The van der Waals surface area contributed by atoms with Crippen LogP contribution in [0, 0.1) is 5.92 Å². The van der Waals surface area contributed by atoms with E-state index >= 15 is 0 Å². The molecule has 1 fully saturated rings.